The second-order valence-corrected chi connectivity index (χ2v) is 3.53. The van der Waals surface area contributed by atoms with Gasteiger partial charge in [0.1, 0.15) is 6.10 Å². The van der Waals surface area contributed by atoms with Crippen molar-refractivity contribution in [3.05, 3.63) is 0 Å². The first kappa shape index (κ1) is 10.8. The van der Waals surface area contributed by atoms with E-state index in [2.05, 4.69) is 4.84 Å². The summed E-state index contributed by atoms with van der Waals surface area (Å²) in [6, 6.07) is 0. The predicted molar refractivity (Wildman–Crippen MR) is 42.3 cm³/mol. The Hall–Kier alpha value is -0.270. The van der Waals surface area contributed by atoms with E-state index in [0.29, 0.717) is 19.6 Å². The SMILES string of the molecule is O=C(NOC1CCOC1)C(F)(F)Br. The number of rotatable bonds is 3. The van der Waals surface area contributed by atoms with Crippen LogP contribution in [0.3, 0.4) is 0 Å². The van der Waals surface area contributed by atoms with Crippen molar-refractivity contribution in [1.82, 2.24) is 5.48 Å². The minimum atomic E-state index is -3.59. The summed E-state index contributed by atoms with van der Waals surface area (Å²) < 4.78 is 29.3. The Morgan fingerprint density at radius 1 is 1.69 bits per heavy atom. The van der Waals surface area contributed by atoms with E-state index in [0.717, 1.165) is 0 Å². The topological polar surface area (TPSA) is 47.6 Å². The van der Waals surface area contributed by atoms with E-state index in [1.54, 1.807) is 5.48 Å². The molecule has 0 aromatic carbocycles. The van der Waals surface area contributed by atoms with Gasteiger partial charge in [-0.1, -0.05) is 0 Å². The third-order valence-electron chi connectivity index (χ3n) is 1.46. The molecular formula is C6H8BrF2NO3. The molecule has 0 radical (unpaired) electrons. The van der Waals surface area contributed by atoms with Crippen LogP contribution in [0.15, 0.2) is 0 Å². The zero-order valence-corrected chi connectivity index (χ0v) is 8.14. The number of hydroxylamine groups is 1. The lowest BCUT2D eigenvalue weighted by Gasteiger charge is -2.12. The second-order valence-electron chi connectivity index (χ2n) is 2.53. The van der Waals surface area contributed by atoms with Gasteiger partial charge in [-0.25, -0.2) is 5.48 Å². The molecule has 0 bridgehead atoms. The molecule has 0 aromatic heterocycles. The number of amides is 1. The Labute approximate surface area is 81.6 Å². The van der Waals surface area contributed by atoms with E-state index >= 15 is 0 Å². The molecule has 1 rings (SSSR count). The van der Waals surface area contributed by atoms with Crippen LogP contribution >= 0.6 is 15.9 Å². The second kappa shape index (κ2) is 4.30. The maximum atomic E-state index is 12.2. The summed E-state index contributed by atoms with van der Waals surface area (Å²) in [5.41, 5.74) is 1.65. The van der Waals surface area contributed by atoms with Gasteiger partial charge in [-0.3, -0.25) is 9.63 Å². The van der Waals surface area contributed by atoms with E-state index in [9.17, 15) is 13.6 Å². The summed E-state index contributed by atoms with van der Waals surface area (Å²) in [6.07, 6.45) is 0.257. The molecule has 1 amide bonds. The molecule has 1 aliphatic rings. The van der Waals surface area contributed by atoms with Crippen molar-refractivity contribution in [1.29, 1.82) is 0 Å². The maximum absolute atomic E-state index is 12.2. The summed E-state index contributed by atoms with van der Waals surface area (Å²) in [5.74, 6) is -1.51. The largest absolute Gasteiger partial charge is 0.379 e. The van der Waals surface area contributed by atoms with Crippen LogP contribution in [0, 0.1) is 0 Å². The minimum Gasteiger partial charge on any atom is -0.379 e. The first-order valence-electron chi connectivity index (χ1n) is 3.60. The van der Waals surface area contributed by atoms with Gasteiger partial charge in [-0.15, -0.1) is 0 Å². The van der Waals surface area contributed by atoms with Crippen molar-refractivity contribution < 1.29 is 23.1 Å². The molecule has 4 nitrogen and oxygen atoms in total. The highest BCUT2D eigenvalue weighted by atomic mass is 79.9. The third-order valence-corrected chi connectivity index (χ3v) is 1.82. The molecule has 1 aliphatic heterocycles. The van der Waals surface area contributed by atoms with Crippen LogP contribution in [0.5, 0.6) is 0 Å². The van der Waals surface area contributed by atoms with Crippen molar-refractivity contribution in [3.8, 4) is 0 Å². The third kappa shape index (κ3) is 3.53. The molecule has 1 fully saturated rings. The molecule has 1 unspecified atom stereocenters. The van der Waals surface area contributed by atoms with Crippen molar-refractivity contribution in [2.75, 3.05) is 13.2 Å². The number of alkyl halides is 3. The van der Waals surface area contributed by atoms with E-state index in [1.165, 1.54) is 0 Å². The van der Waals surface area contributed by atoms with Gasteiger partial charge in [0, 0.05) is 29.0 Å². The predicted octanol–water partition coefficient (Wildman–Crippen LogP) is 0.811. The number of hydrogen-bond acceptors (Lipinski definition) is 3. The first-order chi connectivity index (χ1) is 6.00. The van der Waals surface area contributed by atoms with E-state index in [4.69, 9.17) is 4.74 Å². The standard InChI is InChI=1S/C6H8BrF2NO3/c7-6(8,9)5(11)10-13-4-1-2-12-3-4/h4H,1-3H2,(H,10,11). The monoisotopic (exact) mass is 259 g/mol. The normalized spacial score (nSPS) is 23.2. The summed E-state index contributed by atoms with van der Waals surface area (Å²) in [4.78, 5) is 11.6. The zero-order valence-electron chi connectivity index (χ0n) is 6.56. The van der Waals surface area contributed by atoms with Crippen molar-refractivity contribution in [3.63, 3.8) is 0 Å². The summed E-state index contributed by atoms with van der Waals surface area (Å²) in [6.45, 7) is 0.833. The minimum absolute atomic E-state index is 0.314. The molecule has 1 heterocycles. The molecule has 0 aromatic rings. The molecular weight excluding hydrogens is 252 g/mol. The van der Waals surface area contributed by atoms with E-state index in [1.807, 2.05) is 15.9 Å². The number of hydrogen-bond donors (Lipinski definition) is 1. The van der Waals surface area contributed by atoms with E-state index in [-0.39, 0.29) is 6.10 Å². The molecule has 1 atom stereocenters. The lowest BCUT2D eigenvalue weighted by Crippen LogP contribution is -2.38. The van der Waals surface area contributed by atoms with Crippen molar-refractivity contribution >= 4 is 21.8 Å². The highest BCUT2D eigenvalue weighted by molar-refractivity contribution is 9.10. The Balaban J connectivity index is 2.22. The van der Waals surface area contributed by atoms with Gasteiger partial charge in [-0.05, 0) is 0 Å². The van der Waals surface area contributed by atoms with Gasteiger partial charge in [0.15, 0.2) is 0 Å². The van der Waals surface area contributed by atoms with Gasteiger partial charge >= 0.3 is 10.7 Å². The fourth-order valence-corrected chi connectivity index (χ4v) is 0.881. The lowest BCUT2D eigenvalue weighted by atomic mass is 10.3. The summed E-state index contributed by atoms with van der Waals surface area (Å²) in [5, 5.41) is 0. The van der Waals surface area contributed by atoms with Gasteiger partial charge < -0.3 is 4.74 Å². The number of nitrogens with one attached hydrogen (secondary N) is 1. The molecule has 13 heavy (non-hydrogen) atoms. The van der Waals surface area contributed by atoms with Crippen LogP contribution in [0.4, 0.5) is 8.78 Å². The fourth-order valence-electron chi connectivity index (χ4n) is 0.801. The van der Waals surface area contributed by atoms with Crippen LogP contribution in [-0.2, 0) is 14.4 Å². The Morgan fingerprint density at radius 2 is 2.38 bits per heavy atom. The number of carbonyl (C=O) groups is 1. The first-order valence-corrected chi connectivity index (χ1v) is 4.40. The molecule has 0 saturated carbocycles. The maximum Gasteiger partial charge on any atom is 0.379 e. The average molecular weight is 260 g/mol. The van der Waals surface area contributed by atoms with Crippen LogP contribution in [0.25, 0.3) is 0 Å². The zero-order chi connectivity index (χ0) is 9.90. The molecule has 7 heteroatoms. The highest BCUT2D eigenvalue weighted by Gasteiger charge is 2.35. The Bertz CT molecular complexity index is 191. The number of ether oxygens (including phenoxy) is 1. The van der Waals surface area contributed by atoms with Gasteiger partial charge in [0.05, 0.1) is 6.61 Å². The average Bonchev–Trinajstić information content (AvgIpc) is 2.50. The molecule has 1 saturated heterocycles. The highest BCUT2D eigenvalue weighted by Crippen LogP contribution is 2.21. The molecule has 1 N–H and O–H groups in total. The van der Waals surface area contributed by atoms with Gasteiger partial charge in [0.2, 0.25) is 0 Å². The lowest BCUT2D eigenvalue weighted by molar-refractivity contribution is -0.152. The Morgan fingerprint density at radius 3 is 2.85 bits per heavy atom. The van der Waals surface area contributed by atoms with Crippen LogP contribution < -0.4 is 5.48 Å². The number of halogens is 3. The fraction of sp³-hybridized carbons (Fsp3) is 0.833. The molecule has 0 aliphatic carbocycles. The van der Waals surface area contributed by atoms with Crippen molar-refractivity contribution in [2.24, 2.45) is 0 Å². The van der Waals surface area contributed by atoms with Crippen molar-refractivity contribution in [2.45, 2.75) is 17.4 Å². The van der Waals surface area contributed by atoms with Crippen LogP contribution in [0.2, 0.25) is 0 Å². The molecule has 0 spiro atoms. The summed E-state index contributed by atoms with van der Waals surface area (Å²) >= 11 is 1.90. The van der Waals surface area contributed by atoms with Crippen LogP contribution in [-0.4, -0.2) is 30.1 Å². The quantitative estimate of drug-likeness (QED) is 0.603. The van der Waals surface area contributed by atoms with Gasteiger partial charge in [-0.2, -0.15) is 8.78 Å². The Kier molecular flexibility index (Phi) is 3.57. The summed E-state index contributed by atoms with van der Waals surface area (Å²) in [7, 11) is 0. The number of carbonyl (C=O) groups excluding carboxylic acids is 1. The smallest absolute Gasteiger partial charge is 0.379 e. The van der Waals surface area contributed by atoms with Crippen LogP contribution in [0.1, 0.15) is 6.42 Å². The molecule has 76 valence electrons. The van der Waals surface area contributed by atoms with Gasteiger partial charge in [0.25, 0.3) is 0 Å². The van der Waals surface area contributed by atoms with E-state index < -0.39 is 10.7 Å².